The van der Waals surface area contributed by atoms with Crippen LogP contribution >= 0.6 is 0 Å². The van der Waals surface area contributed by atoms with Crippen molar-refractivity contribution in [2.24, 2.45) is 22.1 Å². The fraction of sp³-hybridized carbons (Fsp3) is 0.465. The second-order valence-corrected chi connectivity index (χ2v) is 15.9. The predicted molar refractivity (Wildman–Crippen MR) is 225 cm³/mol. The van der Waals surface area contributed by atoms with E-state index in [-0.39, 0.29) is 74.8 Å². The zero-order valence-electron chi connectivity index (χ0n) is 34.2. The first-order valence-electron chi connectivity index (χ1n) is 21.0. The third-order valence-corrected chi connectivity index (χ3v) is 11.9. The summed E-state index contributed by atoms with van der Waals surface area (Å²) in [5, 5.41) is 13.1. The maximum atomic E-state index is 13.4. The summed E-state index contributed by atoms with van der Waals surface area (Å²) < 4.78 is 16.9. The van der Waals surface area contributed by atoms with Gasteiger partial charge in [-0.2, -0.15) is 0 Å². The highest BCUT2D eigenvalue weighted by Gasteiger charge is 2.51. The number of amides is 6. The number of likely N-dealkylation sites (tertiary alicyclic amines) is 1. The smallest absolute Gasteiger partial charge is 0.264 e. The van der Waals surface area contributed by atoms with Gasteiger partial charge in [0.1, 0.15) is 29.7 Å². The largest absolute Gasteiger partial charge is 0.385 e. The number of carbonyl (C=O) groups is 6. The Bertz CT molecular complexity index is 2310. The highest BCUT2D eigenvalue weighted by atomic mass is 16.5. The number of nitrogens with two attached hydrogens (primary N) is 1. The third kappa shape index (κ3) is 9.14. The Kier molecular flexibility index (Phi) is 12.8. The number of rotatable bonds is 18. The maximum Gasteiger partial charge on any atom is 0.264 e. The molecule has 19 heteroatoms. The number of amidine groups is 1. The van der Waals surface area contributed by atoms with Crippen LogP contribution in [0, 0.1) is 11.3 Å². The second kappa shape index (κ2) is 18.8. The molecule has 6 amide bonds. The summed E-state index contributed by atoms with van der Waals surface area (Å²) in [7, 11) is 0. The average Bonchev–Trinajstić information content (AvgIpc) is 4.06. The van der Waals surface area contributed by atoms with Crippen LogP contribution in [0.4, 0.5) is 11.5 Å². The molecule has 19 nitrogen and oxygen atoms in total. The molecule has 4 aliphatic heterocycles. The van der Waals surface area contributed by atoms with Gasteiger partial charge >= 0.3 is 0 Å². The molecular formula is C43H50N10O9. The first-order valence-corrected chi connectivity index (χ1v) is 21.0. The molecule has 62 heavy (non-hydrogen) atoms. The van der Waals surface area contributed by atoms with Crippen LogP contribution in [0.15, 0.2) is 65.6 Å². The molecule has 0 radical (unpaired) electrons. The molecule has 2 saturated heterocycles. The molecule has 5 aliphatic rings. The highest BCUT2D eigenvalue weighted by molar-refractivity contribution is 6.25. The van der Waals surface area contributed by atoms with E-state index in [4.69, 9.17) is 24.9 Å². The molecule has 3 fully saturated rings. The van der Waals surface area contributed by atoms with E-state index in [9.17, 15) is 28.8 Å². The van der Waals surface area contributed by atoms with Crippen molar-refractivity contribution in [1.82, 2.24) is 30.4 Å². The zero-order valence-corrected chi connectivity index (χ0v) is 34.2. The number of fused-ring (bicyclic) bond motifs is 2. The van der Waals surface area contributed by atoms with E-state index in [1.54, 1.807) is 29.4 Å². The molecule has 2 unspecified atom stereocenters. The molecule has 1 aromatic carbocycles. The first kappa shape index (κ1) is 42.4. The van der Waals surface area contributed by atoms with Gasteiger partial charge in [-0.05, 0) is 68.4 Å². The molecule has 1 aliphatic carbocycles. The molecule has 1 saturated carbocycles. The zero-order chi connectivity index (χ0) is 43.2. The molecule has 2 atom stereocenters. The average molecular weight is 851 g/mol. The van der Waals surface area contributed by atoms with E-state index in [0.717, 1.165) is 34.3 Å². The summed E-state index contributed by atoms with van der Waals surface area (Å²) in [5.74, 6) is -1.70. The number of nitrogens with zero attached hydrogens (tertiary/aromatic N) is 5. The number of piperidine rings is 2. The number of carbonyl (C=O) groups excluding carboxylic acids is 6. The number of imide groups is 2. The number of benzene rings is 1. The monoisotopic (exact) mass is 850 g/mol. The molecular weight excluding hydrogens is 801 g/mol. The predicted octanol–water partition coefficient (Wildman–Crippen LogP) is 1.36. The van der Waals surface area contributed by atoms with Crippen LogP contribution in [0.1, 0.15) is 59.2 Å². The van der Waals surface area contributed by atoms with Gasteiger partial charge in [-0.15, -0.1) is 0 Å². The number of nitrogens with one attached hydrogen (secondary N) is 4. The lowest BCUT2D eigenvalue weighted by Gasteiger charge is -2.45. The molecule has 6 heterocycles. The van der Waals surface area contributed by atoms with Gasteiger partial charge in [0, 0.05) is 67.3 Å². The molecule has 0 bridgehead atoms. The lowest BCUT2D eigenvalue weighted by molar-refractivity contribution is -0.140. The minimum absolute atomic E-state index is 0.0475. The number of primary amides is 1. The summed E-state index contributed by atoms with van der Waals surface area (Å²) in [5.41, 5.74) is 7.58. The Hall–Kier alpha value is -6.31. The van der Waals surface area contributed by atoms with Gasteiger partial charge in [0.05, 0.1) is 56.2 Å². The van der Waals surface area contributed by atoms with Gasteiger partial charge < -0.3 is 40.8 Å². The first-order chi connectivity index (χ1) is 30.1. The summed E-state index contributed by atoms with van der Waals surface area (Å²) in [4.78, 5) is 93.0. The van der Waals surface area contributed by atoms with Gasteiger partial charge in [-0.1, -0.05) is 6.07 Å². The van der Waals surface area contributed by atoms with Crippen LogP contribution in [0.3, 0.4) is 0 Å². The number of hydrogen-bond acceptors (Lipinski definition) is 15. The van der Waals surface area contributed by atoms with E-state index >= 15 is 0 Å². The van der Waals surface area contributed by atoms with Crippen molar-refractivity contribution in [2.75, 3.05) is 76.5 Å². The normalized spacial score (nSPS) is 21.6. The van der Waals surface area contributed by atoms with Crippen molar-refractivity contribution < 1.29 is 43.0 Å². The van der Waals surface area contributed by atoms with Crippen LogP contribution in [-0.2, 0) is 33.4 Å². The van der Waals surface area contributed by atoms with Crippen LogP contribution in [0.25, 0.3) is 10.9 Å². The van der Waals surface area contributed by atoms with Gasteiger partial charge in [0.2, 0.25) is 23.6 Å². The number of hydrogen-bond donors (Lipinski definition) is 5. The fourth-order valence-corrected chi connectivity index (χ4v) is 8.46. The SMILES string of the molecule is NC(=O)C1(C2CCN(C(=O)COCCOCCOCCNc3cccc4c3C(=O)N(C3CCC(=O)NC3=O)C4=O)CC2)CN=C(Nc2ccc3cnccc3n2)C=C1NC1CC1. The van der Waals surface area contributed by atoms with Crippen molar-refractivity contribution in [1.29, 1.82) is 0 Å². The van der Waals surface area contributed by atoms with Crippen LogP contribution in [0.2, 0.25) is 0 Å². The van der Waals surface area contributed by atoms with E-state index in [0.29, 0.717) is 63.0 Å². The minimum atomic E-state index is -1.04. The Balaban J connectivity index is 0.722. The third-order valence-electron chi connectivity index (χ3n) is 11.9. The number of ether oxygens (including phenoxy) is 3. The van der Waals surface area contributed by atoms with Gasteiger partial charge in [-0.25, -0.2) is 4.98 Å². The summed E-state index contributed by atoms with van der Waals surface area (Å²) in [6.45, 7) is 2.74. The van der Waals surface area contributed by atoms with Crippen molar-refractivity contribution in [2.45, 2.75) is 50.6 Å². The molecule has 0 spiro atoms. The standard InChI is InChI=1S/C43H50N10O9/c44-42(59)43(25-47-35(22-33(43)48-28-5-6-28)50-34-8-4-26-23-45-13-10-30(26)49-34)27-11-15-52(16-12-27)37(55)24-62-21-20-61-19-18-60-17-14-46-31-3-1-2-29-38(31)41(58)53(40(29)57)32-7-9-36(54)51-39(32)56/h1-4,8,10,13,22-23,27-28,32,46,48H,5-7,9,11-12,14-21,24-25H2,(H2,44,59)(H,47,49,50)(H,51,54,56). The van der Waals surface area contributed by atoms with Crippen molar-refractivity contribution in [3.8, 4) is 0 Å². The maximum absolute atomic E-state index is 13.4. The molecule has 8 rings (SSSR count). The Morgan fingerprint density at radius 3 is 2.44 bits per heavy atom. The number of aliphatic imine (C=N–C) groups is 1. The Morgan fingerprint density at radius 1 is 0.903 bits per heavy atom. The van der Waals surface area contributed by atoms with Crippen LogP contribution in [0.5, 0.6) is 0 Å². The van der Waals surface area contributed by atoms with Gasteiger partial charge in [0.15, 0.2) is 0 Å². The van der Waals surface area contributed by atoms with E-state index in [1.807, 2.05) is 24.3 Å². The highest BCUT2D eigenvalue weighted by Crippen LogP contribution is 2.44. The van der Waals surface area contributed by atoms with E-state index in [2.05, 4.69) is 31.2 Å². The van der Waals surface area contributed by atoms with Crippen molar-refractivity contribution in [3.05, 3.63) is 71.7 Å². The minimum Gasteiger partial charge on any atom is -0.385 e. The summed E-state index contributed by atoms with van der Waals surface area (Å²) >= 11 is 0. The number of anilines is 2. The lowest BCUT2D eigenvalue weighted by Crippen LogP contribution is -2.55. The van der Waals surface area contributed by atoms with Crippen LogP contribution < -0.4 is 27.0 Å². The summed E-state index contributed by atoms with van der Waals surface area (Å²) in [6.07, 6.45) is 8.68. The molecule has 3 aromatic rings. The van der Waals surface area contributed by atoms with Crippen LogP contribution in [-0.4, -0.2) is 139 Å². The van der Waals surface area contributed by atoms with E-state index < -0.39 is 41.0 Å². The molecule has 6 N–H and O–H groups in total. The number of pyridine rings is 2. The fourth-order valence-electron chi connectivity index (χ4n) is 8.46. The Labute approximate surface area is 357 Å². The number of aromatic nitrogens is 2. The lowest BCUT2D eigenvalue weighted by atomic mass is 9.67. The molecule has 326 valence electrons. The van der Waals surface area contributed by atoms with Gasteiger partial charge in [0.25, 0.3) is 11.8 Å². The Morgan fingerprint density at radius 2 is 1.68 bits per heavy atom. The number of dihydropyridines is 1. The quantitative estimate of drug-likeness (QED) is 0.0897. The van der Waals surface area contributed by atoms with Crippen molar-refractivity contribution >= 4 is 63.7 Å². The van der Waals surface area contributed by atoms with E-state index in [1.165, 1.54) is 6.07 Å². The second-order valence-electron chi connectivity index (χ2n) is 15.9. The summed E-state index contributed by atoms with van der Waals surface area (Å²) in [6, 6.07) is 9.76. The molecule has 2 aromatic heterocycles. The topological polar surface area (TPSA) is 249 Å². The van der Waals surface area contributed by atoms with Crippen molar-refractivity contribution in [3.63, 3.8) is 0 Å². The van der Waals surface area contributed by atoms with Gasteiger partial charge in [-0.3, -0.25) is 49.0 Å².